The smallest absolute Gasteiger partial charge is 0.122 e. The van der Waals surface area contributed by atoms with Crippen molar-refractivity contribution in [2.75, 3.05) is 19.7 Å². The van der Waals surface area contributed by atoms with Crippen molar-refractivity contribution >= 4 is 0 Å². The minimum absolute atomic E-state index is 0.722. The third-order valence-electron chi connectivity index (χ3n) is 4.90. The summed E-state index contributed by atoms with van der Waals surface area (Å²) in [6.07, 6.45) is 5.40. The van der Waals surface area contributed by atoms with Crippen molar-refractivity contribution in [2.45, 2.75) is 38.5 Å². The van der Waals surface area contributed by atoms with E-state index in [9.17, 15) is 0 Å². The fraction of sp³-hybridized carbons (Fsp3) is 0.647. The van der Waals surface area contributed by atoms with E-state index in [1.807, 2.05) is 0 Å². The predicted molar refractivity (Wildman–Crippen MR) is 78.7 cm³/mol. The molecular formula is C17H25NO. The molecule has 0 radical (unpaired) electrons. The first-order valence-corrected chi connectivity index (χ1v) is 7.81. The van der Waals surface area contributed by atoms with Crippen LogP contribution in [0, 0.1) is 11.8 Å². The Bertz CT molecular complexity index is 417. The quantitative estimate of drug-likeness (QED) is 0.872. The van der Waals surface area contributed by atoms with E-state index in [0.29, 0.717) is 0 Å². The fourth-order valence-corrected chi connectivity index (χ4v) is 3.57. The Hall–Kier alpha value is -1.02. The Morgan fingerprint density at radius 1 is 1.16 bits per heavy atom. The fourth-order valence-electron chi connectivity index (χ4n) is 3.57. The third-order valence-corrected chi connectivity index (χ3v) is 4.90. The molecule has 1 aliphatic heterocycles. The highest BCUT2D eigenvalue weighted by Crippen LogP contribution is 2.44. The molecule has 0 bridgehead atoms. The molecule has 0 amide bonds. The van der Waals surface area contributed by atoms with Gasteiger partial charge in [-0.05, 0) is 68.2 Å². The maximum absolute atomic E-state index is 5.77. The van der Waals surface area contributed by atoms with Crippen LogP contribution >= 0.6 is 0 Å². The molecule has 3 atom stereocenters. The van der Waals surface area contributed by atoms with Crippen molar-refractivity contribution in [1.82, 2.24) is 5.32 Å². The van der Waals surface area contributed by atoms with E-state index in [0.717, 1.165) is 36.7 Å². The monoisotopic (exact) mass is 259 g/mol. The summed E-state index contributed by atoms with van der Waals surface area (Å²) in [4.78, 5) is 0. The summed E-state index contributed by atoms with van der Waals surface area (Å²) in [5.74, 6) is 3.69. The summed E-state index contributed by atoms with van der Waals surface area (Å²) in [6.45, 7) is 5.41. The van der Waals surface area contributed by atoms with Crippen LogP contribution in [-0.2, 0) is 0 Å². The van der Waals surface area contributed by atoms with Gasteiger partial charge in [0.05, 0.1) is 6.61 Å². The van der Waals surface area contributed by atoms with Crippen molar-refractivity contribution < 1.29 is 4.74 Å². The van der Waals surface area contributed by atoms with Gasteiger partial charge in [-0.15, -0.1) is 0 Å². The Kier molecular flexibility index (Phi) is 4.07. The van der Waals surface area contributed by atoms with Gasteiger partial charge in [0, 0.05) is 0 Å². The van der Waals surface area contributed by atoms with E-state index in [-0.39, 0.29) is 0 Å². The molecule has 3 unspecified atom stereocenters. The lowest BCUT2D eigenvalue weighted by molar-refractivity contribution is 0.139. The average molecular weight is 259 g/mol. The first-order chi connectivity index (χ1) is 9.38. The lowest BCUT2D eigenvalue weighted by Gasteiger charge is -2.40. The van der Waals surface area contributed by atoms with Crippen molar-refractivity contribution in [3.63, 3.8) is 0 Å². The van der Waals surface area contributed by atoms with Crippen LogP contribution in [-0.4, -0.2) is 19.7 Å². The highest BCUT2D eigenvalue weighted by atomic mass is 16.5. The molecule has 1 fully saturated rings. The second kappa shape index (κ2) is 5.96. The number of fused-ring (bicyclic) bond motifs is 1. The maximum Gasteiger partial charge on any atom is 0.122 e. The molecule has 2 aliphatic rings. The molecular weight excluding hydrogens is 234 g/mol. The summed E-state index contributed by atoms with van der Waals surface area (Å²) in [5.41, 5.74) is 1.45. The van der Waals surface area contributed by atoms with Gasteiger partial charge in [-0.2, -0.15) is 0 Å². The molecule has 2 heteroatoms. The van der Waals surface area contributed by atoms with Crippen molar-refractivity contribution in [3.05, 3.63) is 29.8 Å². The van der Waals surface area contributed by atoms with Gasteiger partial charge in [-0.25, -0.2) is 0 Å². The van der Waals surface area contributed by atoms with Gasteiger partial charge < -0.3 is 10.1 Å². The molecule has 2 nitrogen and oxygen atoms in total. The van der Waals surface area contributed by atoms with E-state index in [1.54, 1.807) is 0 Å². The second-order valence-corrected chi connectivity index (χ2v) is 6.01. The van der Waals surface area contributed by atoms with Gasteiger partial charge in [0.15, 0.2) is 0 Å². The van der Waals surface area contributed by atoms with Crippen LogP contribution in [0.1, 0.15) is 44.1 Å². The Morgan fingerprint density at radius 2 is 2.00 bits per heavy atom. The number of ether oxygens (including phenoxy) is 1. The van der Waals surface area contributed by atoms with Gasteiger partial charge in [0.1, 0.15) is 5.75 Å². The van der Waals surface area contributed by atoms with E-state index in [2.05, 4.69) is 36.5 Å². The Morgan fingerprint density at radius 3 is 2.79 bits per heavy atom. The standard InChI is InChI=1S/C17H25NO/c1-2-18-12-15-8-7-13(15)11-14-9-10-19-17-6-4-3-5-16(14)17/h3-6,13-15,18H,2,7-12H2,1H3. The molecule has 0 spiro atoms. The third kappa shape index (κ3) is 2.79. The van der Waals surface area contributed by atoms with Crippen LogP contribution in [0.3, 0.4) is 0 Å². The molecule has 0 aromatic heterocycles. The highest BCUT2D eigenvalue weighted by Gasteiger charge is 2.34. The predicted octanol–water partition coefficient (Wildman–Crippen LogP) is 3.58. The molecule has 0 saturated heterocycles. The van der Waals surface area contributed by atoms with Crippen molar-refractivity contribution in [1.29, 1.82) is 0 Å². The van der Waals surface area contributed by atoms with Crippen LogP contribution < -0.4 is 10.1 Å². The van der Waals surface area contributed by atoms with Crippen LogP contribution in [0.15, 0.2) is 24.3 Å². The molecule has 1 N–H and O–H groups in total. The lowest BCUT2D eigenvalue weighted by Crippen LogP contribution is -2.36. The van der Waals surface area contributed by atoms with Crippen LogP contribution in [0.25, 0.3) is 0 Å². The summed E-state index contributed by atoms with van der Waals surface area (Å²) in [6, 6.07) is 8.62. The molecule has 3 rings (SSSR count). The zero-order valence-electron chi connectivity index (χ0n) is 11.9. The summed E-state index contributed by atoms with van der Waals surface area (Å²) < 4.78 is 5.77. The normalized spacial score (nSPS) is 29.2. The topological polar surface area (TPSA) is 21.3 Å². The van der Waals surface area contributed by atoms with Gasteiger partial charge in [0.2, 0.25) is 0 Å². The first-order valence-electron chi connectivity index (χ1n) is 7.81. The van der Waals surface area contributed by atoms with Crippen molar-refractivity contribution in [3.8, 4) is 5.75 Å². The largest absolute Gasteiger partial charge is 0.493 e. The van der Waals surface area contributed by atoms with Crippen LogP contribution in [0.5, 0.6) is 5.75 Å². The lowest BCUT2D eigenvalue weighted by atomic mass is 9.68. The highest BCUT2D eigenvalue weighted by molar-refractivity contribution is 5.37. The SMILES string of the molecule is CCNCC1CCC1CC1CCOc2ccccc21. The number of benzene rings is 1. The zero-order chi connectivity index (χ0) is 13.1. The molecule has 104 valence electrons. The van der Waals surface area contributed by atoms with E-state index >= 15 is 0 Å². The van der Waals surface area contributed by atoms with Gasteiger partial charge >= 0.3 is 0 Å². The Balaban J connectivity index is 1.62. The maximum atomic E-state index is 5.77. The number of rotatable bonds is 5. The second-order valence-electron chi connectivity index (χ2n) is 6.01. The number of hydrogen-bond acceptors (Lipinski definition) is 2. The Labute approximate surface area is 116 Å². The van der Waals surface area contributed by atoms with E-state index < -0.39 is 0 Å². The minimum atomic E-state index is 0.722. The van der Waals surface area contributed by atoms with Crippen molar-refractivity contribution in [2.24, 2.45) is 11.8 Å². The molecule has 19 heavy (non-hydrogen) atoms. The van der Waals surface area contributed by atoms with Gasteiger partial charge in [0.25, 0.3) is 0 Å². The number of nitrogens with one attached hydrogen (secondary N) is 1. The van der Waals surface area contributed by atoms with Gasteiger partial charge in [-0.3, -0.25) is 0 Å². The molecule has 1 aromatic carbocycles. The number of hydrogen-bond donors (Lipinski definition) is 1. The summed E-state index contributed by atoms with van der Waals surface area (Å²) in [7, 11) is 0. The molecule has 1 aromatic rings. The van der Waals surface area contributed by atoms with Crippen LogP contribution in [0.4, 0.5) is 0 Å². The average Bonchev–Trinajstić information content (AvgIpc) is 2.44. The first kappa shape index (κ1) is 13.0. The summed E-state index contributed by atoms with van der Waals surface area (Å²) in [5, 5.41) is 3.51. The number of para-hydroxylation sites is 1. The molecule has 1 heterocycles. The minimum Gasteiger partial charge on any atom is -0.493 e. The van der Waals surface area contributed by atoms with E-state index in [4.69, 9.17) is 4.74 Å². The van der Waals surface area contributed by atoms with E-state index in [1.165, 1.54) is 37.8 Å². The van der Waals surface area contributed by atoms with Gasteiger partial charge in [-0.1, -0.05) is 25.1 Å². The zero-order valence-corrected chi connectivity index (χ0v) is 11.9. The molecule has 1 aliphatic carbocycles. The summed E-state index contributed by atoms with van der Waals surface area (Å²) >= 11 is 0. The molecule has 1 saturated carbocycles. The van der Waals surface area contributed by atoms with Crippen LogP contribution in [0.2, 0.25) is 0 Å².